The van der Waals surface area contributed by atoms with E-state index in [2.05, 4.69) is 0 Å². The molecule has 3 N–H and O–H groups in total. The van der Waals surface area contributed by atoms with Crippen molar-refractivity contribution in [2.45, 2.75) is 84.7 Å². The molecule has 1 saturated heterocycles. The minimum atomic E-state index is -1.76. The Morgan fingerprint density at radius 2 is 1.84 bits per heavy atom. The van der Waals surface area contributed by atoms with Gasteiger partial charge in [-0.15, -0.1) is 0 Å². The average molecular weight is 434 g/mol. The fourth-order valence-electron chi connectivity index (χ4n) is 3.04. The van der Waals surface area contributed by atoms with Gasteiger partial charge in [0.15, 0.2) is 0 Å². The van der Waals surface area contributed by atoms with Crippen molar-refractivity contribution in [2.24, 2.45) is 5.73 Å². The Bertz CT molecular complexity index is 825. The van der Waals surface area contributed by atoms with E-state index in [4.69, 9.17) is 15.2 Å². The van der Waals surface area contributed by atoms with Gasteiger partial charge in [-0.05, 0) is 73.0 Å². The molecule has 3 atom stereocenters. The Hall–Kier alpha value is -2.51. The number of carbonyl (C=O) groups is 3. The summed E-state index contributed by atoms with van der Waals surface area (Å²) in [5, 5.41) is 9.62. The number of hydrogen-bond acceptors (Lipinski definition) is 6. The van der Waals surface area contributed by atoms with Crippen LogP contribution in [-0.2, 0) is 23.9 Å². The number of amides is 1. The van der Waals surface area contributed by atoms with Gasteiger partial charge < -0.3 is 20.3 Å². The Kier molecular flexibility index (Phi) is 9.14. The quantitative estimate of drug-likeness (QED) is 0.136. The summed E-state index contributed by atoms with van der Waals surface area (Å²) in [5.74, 6) is -1.77. The third-order valence-electron chi connectivity index (χ3n) is 4.65. The highest BCUT2D eigenvalue weighted by atomic mass is 16.6. The van der Waals surface area contributed by atoms with Gasteiger partial charge in [0.25, 0.3) is 5.91 Å². The molecule has 0 unspecified atom stereocenters. The van der Waals surface area contributed by atoms with E-state index in [0.717, 1.165) is 5.57 Å². The van der Waals surface area contributed by atoms with Crippen LogP contribution in [0.15, 0.2) is 47.1 Å². The molecule has 0 radical (unpaired) electrons. The number of epoxide rings is 1. The van der Waals surface area contributed by atoms with Crippen molar-refractivity contribution in [3.63, 3.8) is 0 Å². The Morgan fingerprint density at radius 1 is 1.23 bits per heavy atom. The van der Waals surface area contributed by atoms with Crippen LogP contribution in [0.3, 0.4) is 0 Å². The second kappa shape index (κ2) is 10.7. The zero-order valence-corrected chi connectivity index (χ0v) is 19.5. The van der Waals surface area contributed by atoms with Gasteiger partial charge in [-0.3, -0.25) is 9.59 Å². The first-order valence-corrected chi connectivity index (χ1v) is 10.4. The highest BCUT2D eigenvalue weighted by Crippen LogP contribution is 2.41. The number of rotatable bonds is 10. The molecule has 0 aromatic carbocycles. The highest BCUT2D eigenvalue weighted by molar-refractivity contribution is 6.19. The number of Topliss-reactive ketones (excluding diaryl/α,β-unsaturated/α-hetero) is 1. The van der Waals surface area contributed by atoms with E-state index in [0.29, 0.717) is 24.0 Å². The minimum Gasteiger partial charge on any atom is -0.456 e. The molecule has 31 heavy (non-hydrogen) atoms. The van der Waals surface area contributed by atoms with Crippen molar-refractivity contribution < 1.29 is 29.0 Å². The number of aliphatic hydroxyl groups is 1. The average Bonchev–Trinajstić information content (AvgIpc) is 3.41. The van der Waals surface area contributed by atoms with Gasteiger partial charge in [-0.25, -0.2) is 4.79 Å². The molecule has 0 bridgehead atoms. The van der Waals surface area contributed by atoms with Crippen LogP contribution >= 0.6 is 0 Å². The molecule has 1 amide bonds. The van der Waals surface area contributed by atoms with E-state index >= 15 is 0 Å². The zero-order valence-electron chi connectivity index (χ0n) is 19.5. The summed E-state index contributed by atoms with van der Waals surface area (Å²) < 4.78 is 10.6. The number of esters is 1. The van der Waals surface area contributed by atoms with Crippen molar-refractivity contribution >= 4 is 17.7 Å². The molecule has 172 valence electrons. The molecular weight excluding hydrogens is 398 g/mol. The van der Waals surface area contributed by atoms with Crippen LogP contribution in [0.5, 0.6) is 0 Å². The molecule has 0 aliphatic carbocycles. The number of aliphatic hydroxyl groups excluding tert-OH is 1. The summed E-state index contributed by atoms with van der Waals surface area (Å²) in [4.78, 5) is 36.5. The predicted molar refractivity (Wildman–Crippen MR) is 119 cm³/mol. The molecule has 1 aliphatic rings. The largest absolute Gasteiger partial charge is 0.456 e. The molecular formula is C24H35NO6. The number of allylic oxidation sites excluding steroid dienone is 5. The summed E-state index contributed by atoms with van der Waals surface area (Å²) >= 11 is 0. The summed E-state index contributed by atoms with van der Waals surface area (Å²) in [6, 6.07) is 0. The number of carbonyl (C=O) groups excluding carboxylic acids is 3. The smallest absolute Gasteiger partial charge is 0.338 e. The third kappa shape index (κ3) is 7.29. The molecule has 0 spiro atoms. The predicted octanol–water partition coefficient (Wildman–Crippen LogP) is 3.08. The van der Waals surface area contributed by atoms with Crippen molar-refractivity contribution in [2.75, 3.05) is 0 Å². The van der Waals surface area contributed by atoms with Crippen LogP contribution in [0, 0.1) is 0 Å². The van der Waals surface area contributed by atoms with Crippen LogP contribution in [-0.4, -0.2) is 46.2 Å². The summed E-state index contributed by atoms with van der Waals surface area (Å²) in [5.41, 5.74) is 4.75. The van der Waals surface area contributed by atoms with Gasteiger partial charge in [-0.1, -0.05) is 29.9 Å². The maximum absolute atomic E-state index is 12.6. The van der Waals surface area contributed by atoms with Gasteiger partial charge in [0, 0.05) is 0 Å². The zero-order chi connectivity index (χ0) is 24.0. The first kappa shape index (κ1) is 26.5. The van der Waals surface area contributed by atoms with Crippen LogP contribution in [0.25, 0.3) is 0 Å². The summed E-state index contributed by atoms with van der Waals surface area (Å²) in [7, 11) is 0. The molecule has 0 saturated carbocycles. The molecule has 1 aliphatic heterocycles. The van der Waals surface area contributed by atoms with Gasteiger partial charge >= 0.3 is 5.97 Å². The fraction of sp³-hybridized carbons (Fsp3) is 0.542. The van der Waals surface area contributed by atoms with Crippen molar-refractivity contribution in [1.82, 2.24) is 0 Å². The lowest BCUT2D eigenvalue weighted by Gasteiger charge is -2.19. The second-order valence-electron chi connectivity index (χ2n) is 8.71. The maximum Gasteiger partial charge on any atom is 0.338 e. The number of primary amides is 1. The number of nitrogens with two attached hydrogens (primary N) is 1. The topological polar surface area (TPSA) is 119 Å². The minimum absolute atomic E-state index is 0.365. The molecule has 1 fully saturated rings. The number of unbranched alkanes of at least 4 members (excludes halogenated alkanes) is 1. The van der Waals surface area contributed by atoms with Gasteiger partial charge in [0.05, 0.1) is 11.7 Å². The first-order chi connectivity index (χ1) is 14.3. The molecule has 0 aromatic heterocycles. The van der Waals surface area contributed by atoms with Crippen LogP contribution < -0.4 is 5.73 Å². The van der Waals surface area contributed by atoms with Crippen LogP contribution in [0.1, 0.15) is 61.3 Å². The highest BCUT2D eigenvalue weighted by Gasteiger charge is 2.69. The molecule has 1 rings (SSSR count). The lowest BCUT2D eigenvalue weighted by atomic mass is 9.91. The maximum atomic E-state index is 12.6. The Morgan fingerprint density at radius 3 is 2.29 bits per heavy atom. The van der Waals surface area contributed by atoms with E-state index in [9.17, 15) is 19.5 Å². The summed E-state index contributed by atoms with van der Waals surface area (Å²) in [6.45, 7) is 12.2. The van der Waals surface area contributed by atoms with E-state index in [1.807, 2.05) is 39.8 Å². The fourth-order valence-corrected chi connectivity index (χ4v) is 3.04. The van der Waals surface area contributed by atoms with E-state index in [1.54, 1.807) is 32.1 Å². The Balaban J connectivity index is 2.67. The van der Waals surface area contributed by atoms with Crippen molar-refractivity contribution in [3.05, 3.63) is 47.1 Å². The Labute approximate surface area is 184 Å². The standard InChI is InChI=1S/C24H35NO6/c1-8-18(21(28)31-23(5,6)7)14-15(2)12-10-9-11-13-16(3)19(27)24(22(25)29)20(30-24)17(4)26/h8,10,12-14,17,20,26H,9,11H2,1-7H3,(H2,25,29)/b12-10+,15-14+,16-13+,18-8+/t17-,20-,24-/m0/s1. The van der Waals surface area contributed by atoms with Crippen molar-refractivity contribution in [3.8, 4) is 0 Å². The molecule has 1 heterocycles. The number of ether oxygens (including phenoxy) is 2. The molecule has 7 nitrogen and oxygen atoms in total. The SMILES string of the molecule is C\C=C(/C=C(C)/C=C/CC/C=C(\C)C(=O)[C@]1(C(N)=O)O[C@H]1[C@H](C)O)C(=O)OC(C)(C)C. The summed E-state index contributed by atoms with van der Waals surface area (Å²) in [6.07, 6.45) is 8.34. The molecule has 7 heteroatoms. The lowest BCUT2D eigenvalue weighted by Crippen LogP contribution is -2.44. The lowest BCUT2D eigenvalue weighted by molar-refractivity contribution is -0.149. The van der Waals surface area contributed by atoms with Gasteiger partial charge in [0.2, 0.25) is 11.4 Å². The van der Waals surface area contributed by atoms with E-state index < -0.39 is 35.1 Å². The van der Waals surface area contributed by atoms with Crippen molar-refractivity contribution in [1.29, 1.82) is 0 Å². The normalized spacial score (nSPS) is 23.6. The second-order valence-corrected chi connectivity index (χ2v) is 8.71. The van der Waals surface area contributed by atoms with Gasteiger partial charge in [0.1, 0.15) is 11.7 Å². The van der Waals surface area contributed by atoms with Gasteiger partial charge in [-0.2, -0.15) is 0 Å². The van der Waals surface area contributed by atoms with E-state index in [1.165, 1.54) is 6.92 Å². The monoisotopic (exact) mass is 433 g/mol. The van der Waals surface area contributed by atoms with Crippen LogP contribution in [0.4, 0.5) is 0 Å². The molecule has 0 aromatic rings. The third-order valence-corrected chi connectivity index (χ3v) is 4.65. The number of ketones is 1. The number of hydrogen-bond donors (Lipinski definition) is 2. The van der Waals surface area contributed by atoms with E-state index in [-0.39, 0.29) is 5.97 Å². The van der Waals surface area contributed by atoms with Crippen LogP contribution in [0.2, 0.25) is 0 Å². The first-order valence-electron chi connectivity index (χ1n) is 10.4.